The average Bonchev–Trinajstić information content (AvgIpc) is 2.15. The Morgan fingerprint density at radius 2 is 1.69 bits per heavy atom. The molecule has 0 saturated carbocycles. The normalized spacial score (nSPS) is 17.9. The van der Waals surface area contributed by atoms with Crippen molar-refractivity contribution in [1.29, 1.82) is 0 Å². The van der Waals surface area contributed by atoms with Crippen molar-refractivity contribution in [2.75, 3.05) is 13.1 Å². The van der Waals surface area contributed by atoms with Crippen LogP contribution in [0.2, 0.25) is 0 Å². The van der Waals surface area contributed by atoms with Gasteiger partial charge in [-0.1, -0.05) is 34.8 Å². The minimum atomic E-state index is 0.00919. The van der Waals surface area contributed by atoms with E-state index in [1.807, 2.05) is 0 Å². The summed E-state index contributed by atoms with van der Waals surface area (Å²) in [7, 11) is 0. The van der Waals surface area contributed by atoms with Crippen LogP contribution in [0.5, 0.6) is 0 Å². The van der Waals surface area contributed by atoms with E-state index in [0.29, 0.717) is 0 Å². The molecule has 0 aliphatic carbocycles. The quantitative estimate of drug-likeness (QED) is 0.411. The first-order chi connectivity index (χ1) is 6.20. The fourth-order valence-electron chi connectivity index (χ4n) is 1.21. The molecule has 0 atom stereocenters. The number of nitrogens with zero attached hydrogens (tertiary/aromatic N) is 2. The summed E-state index contributed by atoms with van der Waals surface area (Å²) in [6.45, 7) is 2.07. The molecular weight excluding hydrogens is 230 g/mol. The smallest absolute Gasteiger partial charge is 0.160 e. The molecule has 0 bridgehead atoms. The Morgan fingerprint density at radius 3 is 2.23 bits per heavy atom. The van der Waals surface area contributed by atoms with Crippen LogP contribution in [0.25, 0.3) is 0 Å². The Kier molecular flexibility index (Phi) is 4.92. The van der Waals surface area contributed by atoms with Crippen molar-refractivity contribution in [3.63, 3.8) is 0 Å². The van der Waals surface area contributed by atoms with E-state index < -0.39 is 0 Å². The third-order valence-electron chi connectivity index (χ3n) is 1.88. The van der Waals surface area contributed by atoms with Crippen LogP contribution in [-0.4, -0.2) is 24.3 Å². The number of piperidine rings is 1. The Bertz CT molecular complexity index is 215. The molecular formula is C8H11Cl3N2. The molecule has 74 valence electrons. The van der Waals surface area contributed by atoms with Crippen LogP contribution in [0, 0.1) is 0 Å². The molecule has 0 radical (unpaired) electrons. The van der Waals surface area contributed by atoms with Gasteiger partial charge in [0.2, 0.25) is 0 Å². The Labute approximate surface area is 93.2 Å². The lowest BCUT2D eigenvalue weighted by Gasteiger charge is -2.23. The van der Waals surface area contributed by atoms with Gasteiger partial charge >= 0.3 is 0 Å². The maximum Gasteiger partial charge on any atom is 0.160 e. The standard InChI is InChI=1S/C8H11Cl3N2/c9-7(10)8(11)12-6-13-4-2-1-3-5-13/h6H,1-5H2/b12-6+. The Morgan fingerprint density at radius 1 is 1.08 bits per heavy atom. The lowest BCUT2D eigenvalue weighted by Crippen LogP contribution is -2.28. The molecule has 13 heavy (non-hydrogen) atoms. The fraction of sp³-hybridized carbons (Fsp3) is 0.625. The van der Waals surface area contributed by atoms with Gasteiger partial charge in [-0.3, -0.25) is 0 Å². The summed E-state index contributed by atoms with van der Waals surface area (Å²) in [5, 5.41) is 0.147. The van der Waals surface area contributed by atoms with Gasteiger partial charge in [0.25, 0.3) is 0 Å². The Hall–Kier alpha value is 0.0800. The van der Waals surface area contributed by atoms with Crippen molar-refractivity contribution in [3.05, 3.63) is 9.65 Å². The van der Waals surface area contributed by atoms with Crippen molar-refractivity contribution in [1.82, 2.24) is 4.90 Å². The number of hydrogen-bond donors (Lipinski definition) is 0. The van der Waals surface area contributed by atoms with E-state index in [9.17, 15) is 0 Å². The van der Waals surface area contributed by atoms with Crippen LogP contribution < -0.4 is 0 Å². The molecule has 1 aliphatic heterocycles. The highest BCUT2D eigenvalue weighted by atomic mass is 35.5. The van der Waals surface area contributed by atoms with Crippen molar-refractivity contribution >= 4 is 41.1 Å². The summed E-state index contributed by atoms with van der Waals surface area (Å²) in [6.07, 6.45) is 5.42. The van der Waals surface area contributed by atoms with Gasteiger partial charge in [-0.25, -0.2) is 4.99 Å². The average molecular weight is 242 g/mol. The second-order valence-corrected chi connectivity index (χ2v) is 4.20. The minimum Gasteiger partial charge on any atom is -0.363 e. The number of halogens is 3. The van der Waals surface area contributed by atoms with Gasteiger partial charge in [-0.15, -0.1) is 0 Å². The molecule has 1 heterocycles. The van der Waals surface area contributed by atoms with Crippen LogP contribution in [0.15, 0.2) is 14.6 Å². The first-order valence-electron chi connectivity index (χ1n) is 4.19. The first kappa shape index (κ1) is 11.2. The number of likely N-dealkylation sites (tertiary alicyclic amines) is 1. The van der Waals surface area contributed by atoms with E-state index in [4.69, 9.17) is 34.8 Å². The molecule has 0 aromatic rings. The van der Waals surface area contributed by atoms with Crippen LogP contribution >= 0.6 is 34.8 Å². The highest BCUT2D eigenvalue weighted by Crippen LogP contribution is 2.18. The predicted octanol–water partition coefficient (Wildman–Crippen LogP) is 3.34. The first-order valence-corrected chi connectivity index (χ1v) is 5.32. The highest BCUT2D eigenvalue weighted by Gasteiger charge is 2.05. The van der Waals surface area contributed by atoms with Crippen LogP contribution in [0.1, 0.15) is 19.3 Å². The van der Waals surface area contributed by atoms with Crippen molar-refractivity contribution in [2.45, 2.75) is 19.3 Å². The Balaban J connectivity index is 2.42. The lowest BCUT2D eigenvalue weighted by molar-refractivity contribution is 0.351. The molecule has 1 saturated heterocycles. The second-order valence-electron chi connectivity index (χ2n) is 2.89. The summed E-state index contributed by atoms with van der Waals surface area (Å²) in [5.41, 5.74) is 0. The van der Waals surface area contributed by atoms with E-state index in [-0.39, 0.29) is 9.65 Å². The molecule has 1 aliphatic rings. The lowest BCUT2D eigenvalue weighted by atomic mass is 10.1. The van der Waals surface area contributed by atoms with Crippen molar-refractivity contribution in [3.8, 4) is 0 Å². The summed E-state index contributed by atoms with van der Waals surface area (Å²) in [5.74, 6) is 0. The van der Waals surface area contributed by atoms with Crippen molar-refractivity contribution in [2.24, 2.45) is 4.99 Å². The number of rotatable bonds is 2. The summed E-state index contributed by atoms with van der Waals surface area (Å²) >= 11 is 16.5. The molecule has 0 N–H and O–H groups in total. The topological polar surface area (TPSA) is 15.6 Å². The van der Waals surface area contributed by atoms with E-state index in [2.05, 4.69) is 9.89 Å². The third kappa shape index (κ3) is 4.21. The van der Waals surface area contributed by atoms with Gasteiger partial charge in [0, 0.05) is 13.1 Å². The number of aliphatic imine (C=N–C) groups is 1. The maximum absolute atomic E-state index is 5.63. The fourth-order valence-corrected chi connectivity index (χ4v) is 1.36. The molecule has 0 amide bonds. The van der Waals surface area contributed by atoms with E-state index in [0.717, 1.165) is 13.1 Å². The monoisotopic (exact) mass is 240 g/mol. The third-order valence-corrected chi connectivity index (χ3v) is 2.72. The summed E-state index contributed by atoms with van der Waals surface area (Å²) in [4.78, 5) is 6.04. The second kappa shape index (κ2) is 5.74. The molecule has 5 heteroatoms. The maximum atomic E-state index is 5.63. The van der Waals surface area contributed by atoms with Gasteiger partial charge < -0.3 is 4.90 Å². The molecule has 2 nitrogen and oxygen atoms in total. The minimum absolute atomic E-state index is 0.00919. The zero-order chi connectivity index (χ0) is 9.68. The summed E-state index contributed by atoms with van der Waals surface area (Å²) in [6, 6.07) is 0. The van der Waals surface area contributed by atoms with Gasteiger partial charge in [-0.05, 0) is 19.3 Å². The molecule has 1 rings (SSSR count). The molecule has 1 fully saturated rings. The van der Waals surface area contributed by atoms with Gasteiger partial charge in [0.1, 0.15) is 4.49 Å². The van der Waals surface area contributed by atoms with E-state index >= 15 is 0 Å². The summed E-state index contributed by atoms with van der Waals surface area (Å²) < 4.78 is 0.00919. The largest absolute Gasteiger partial charge is 0.363 e. The zero-order valence-electron chi connectivity index (χ0n) is 7.14. The van der Waals surface area contributed by atoms with E-state index in [1.54, 1.807) is 6.34 Å². The van der Waals surface area contributed by atoms with Crippen LogP contribution in [0.4, 0.5) is 0 Å². The van der Waals surface area contributed by atoms with Gasteiger partial charge in [0.05, 0.1) is 6.34 Å². The van der Waals surface area contributed by atoms with E-state index in [1.165, 1.54) is 19.3 Å². The molecule has 0 spiro atoms. The number of hydrogen-bond acceptors (Lipinski definition) is 1. The predicted molar refractivity (Wildman–Crippen MR) is 58.5 cm³/mol. The van der Waals surface area contributed by atoms with Gasteiger partial charge in [0.15, 0.2) is 5.16 Å². The SMILES string of the molecule is ClC(Cl)=C(Cl)/N=C/N1CCCCC1. The van der Waals surface area contributed by atoms with Gasteiger partial charge in [-0.2, -0.15) is 0 Å². The molecule has 0 unspecified atom stereocenters. The van der Waals surface area contributed by atoms with Crippen LogP contribution in [-0.2, 0) is 0 Å². The molecule has 0 aromatic heterocycles. The highest BCUT2D eigenvalue weighted by molar-refractivity contribution is 6.59. The zero-order valence-corrected chi connectivity index (χ0v) is 9.41. The van der Waals surface area contributed by atoms with Crippen LogP contribution in [0.3, 0.4) is 0 Å². The van der Waals surface area contributed by atoms with Crippen molar-refractivity contribution < 1.29 is 0 Å². The molecule has 0 aromatic carbocycles.